The third-order valence-electron chi connectivity index (χ3n) is 7.51. The summed E-state index contributed by atoms with van der Waals surface area (Å²) in [4.78, 5) is 10.0. The fraction of sp³-hybridized carbons (Fsp3) is 1.00. The summed E-state index contributed by atoms with van der Waals surface area (Å²) >= 11 is 0. The lowest BCUT2D eigenvalue weighted by Gasteiger charge is -2.25. The van der Waals surface area contributed by atoms with Gasteiger partial charge in [-0.1, -0.05) is 34.1 Å². The van der Waals surface area contributed by atoms with Gasteiger partial charge in [0, 0.05) is 19.1 Å². The molecule has 0 aromatic rings. The molecule has 1 atom stereocenters. The molecule has 0 aromatic heterocycles. The molecule has 0 aromatic carbocycles. The van der Waals surface area contributed by atoms with Crippen LogP contribution in [0.5, 0.6) is 0 Å². The summed E-state index contributed by atoms with van der Waals surface area (Å²) < 4.78 is 5.20. The minimum absolute atomic E-state index is 0.898. The van der Waals surface area contributed by atoms with Gasteiger partial charge in [-0.2, -0.15) is 0 Å². The first-order valence-electron chi connectivity index (χ1n) is 15.1. The SMILES string of the molecule is CCC1CCCN1C.CCCN1CCCC1.CCCN1CCCCC1.CCCN1CCOCC1. The molecule has 5 heteroatoms. The van der Waals surface area contributed by atoms with Gasteiger partial charge in [0.2, 0.25) is 0 Å². The van der Waals surface area contributed by atoms with Crippen LogP contribution in [0.2, 0.25) is 0 Å². The molecular weight excluding hydrogens is 420 g/mol. The molecule has 4 heterocycles. The van der Waals surface area contributed by atoms with Crippen LogP contribution in [0, 0.1) is 0 Å². The van der Waals surface area contributed by atoms with Crippen LogP contribution < -0.4 is 0 Å². The molecule has 1 unspecified atom stereocenters. The number of nitrogens with zero attached hydrogens (tertiary/aromatic N) is 4. The minimum atomic E-state index is 0.898. The molecule has 4 fully saturated rings. The summed E-state index contributed by atoms with van der Waals surface area (Å²) in [6, 6.07) is 0.898. The van der Waals surface area contributed by atoms with Crippen LogP contribution in [0.1, 0.15) is 98.3 Å². The van der Waals surface area contributed by atoms with Crippen molar-refractivity contribution in [2.75, 3.05) is 85.7 Å². The van der Waals surface area contributed by atoms with Gasteiger partial charge in [0.15, 0.2) is 0 Å². The molecule has 4 saturated heterocycles. The molecule has 0 spiro atoms. The van der Waals surface area contributed by atoms with Gasteiger partial charge in [0.1, 0.15) is 0 Å². The Morgan fingerprint density at radius 3 is 1.35 bits per heavy atom. The quantitative estimate of drug-likeness (QED) is 0.470. The Balaban J connectivity index is 0.000000227. The number of rotatable bonds is 7. The summed E-state index contributed by atoms with van der Waals surface area (Å²) in [6.07, 6.45) is 15.2. The first kappa shape index (κ1) is 31.8. The van der Waals surface area contributed by atoms with Crippen molar-refractivity contribution in [3.8, 4) is 0 Å². The highest BCUT2D eigenvalue weighted by atomic mass is 16.5. The van der Waals surface area contributed by atoms with E-state index < -0.39 is 0 Å². The van der Waals surface area contributed by atoms with Gasteiger partial charge in [-0.3, -0.25) is 4.90 Å². The zero-order chi connectivity index (χ0) is 24.9. The van der Waals surface area contributed by atoms with E-state index in [1.165, 1.54) is 123 Å². The van der Waals surface area contributed by atoms with Crippen LogP contribution in [0.15, 0.2) is 0 Å². The van der Waals surface area contributed by atoms with Crippen LogP contribution in [0.4, 0.5) is 0 Å². The van der Waals surface area contributed by atoms with Crippen molar-refractivity contribution in [2.45, 2.75) is 104 Å². The molecule has 0 saturated carbocycles. The fourth-order valence-electron chi connectivity index (χ4n) is 5.46. The second-order valence-corrected chi connectivity index (χ2v) is 10.6. The first-order valence-corrected chi connectivity index (χ1v) is 15.1. The molecule has 5 nitrogen and oxygen atoms in total. The van der Waals surface area contributed by atoms with E-state index in [-0.39, 0.29) is 0 Å². The molecular formula is C29H62N4O. The van der Waals surface area contributed by atoms with Crippen molar-refractivity contribution in [2.24, 2.45) is 0 Å². The van der Waals surface area contributed by atoms with E-state index in [1.54, 1.807) is 0 Å². The van der Waals surface area contributed by atoms with Crippen LogP contribution in [-0.4, -0.2) is 111 Å². The number of piperidine rings is 1. The molecule has 4 rings (SSSR count). The van der Waals surface area contributed by atoms with Crippen molar-refractivity contribution in [3.05, 3.63) is 0 Å². The van der Waals surface area contributed by atoms with Gasteiger partial charge in [-0.15, -0.1) is 0 Å². The van der Waals surface area contributed by atoms with E-state index in [4.69, 9.17) is 4.74 Å². The maximum absolute atomic E-state index is 5.20. The molecule has 0 aliphatic carbocycles. The van der Waals surface area contributed by atoms with Crippen molar-refractivity contribution in [1.82, 2.24) is 19.6 Å². The van der Waals surface area contributed by atoms with Gasteiger partial charge in [0.05, 0.1) is 13.2 Å². The van der Waals surface area contributed by atoms with Crippen molar-refractivity contribution >= 4 is 0 Å². The van der Waals surface area contributed by atoms with Crippen LogP contribution in [0.3, 0.4) is 0 Å². The van der Waals surface area contributed by atoms with Gasteiger partial charge in [-0.25, -0.2) is 0 Å². The Bertz CT molecular complexity index is 393. The Kier molecular flexibility index (Phi) is 20.6. The summed E-state index contributed by atoms with van der Waals surface area (Å²) in [5, 5.41) is 0. The third-order valence-corrected chi connectivity index (χ3v) is 7.51. The topological polar surface area (TPSA) is 22.2 Å². The molecule has 0 amide bonds. The average Bonchev–Trinajstić information content (AvgIpc) is 3.54. The molecule has 4 aliphatic rings. The smallest absolute Gasteiger partial charge is 0.0594 e. The Labute approximate surface area is 214 Å². The van der Waals surface area contributed by atoms with E-state index in [9.17, 15) is 0 Å². The maximum atomic E-state index is 5.20. The van der Waals surface area contributed by atoms with Gasteiger partial charge in [-0.05, 0) is 124 Å². The highest BCUT2D eigenvalue weighted by Gasteiger charge is 2.17. The van der Waals surface area contributed by atoms with Crippen molar-refractivity contribution in [1.29, 1.82) is 0 Å². The molecule has 204 valence electrons. The Morgan fingerprint density at radius 1 is 0.559 bits per heavy atom. The summed E-state index contributed by atoms with van der Waals surface area (Å²) in [7, 11) is 2.22. The maximum Gasteiger partial charge on any atom is 0.0594 e. The van der Waals surface area contributed by atoms with Crippen molar-refractivity contribution in [3.63, 3.8) is 0 Å². The number of hydrogen-bond donors (Lipinski definition) is 0. The molecule has 34 heavy (non-hydrogen) atoms. The zero-order valence-electron chi connectivity index (χ0n) is 24.0. The highest BCUT2D eigenvalue weighted by molar-refractivity contribution is 4.74. The predicted octanol–water partition coefficient (Wildman–Crippen LogP) is 5.59. The molecule has 0 radical (unpaired) electrons. The number of morpholine rings is 1. The summed E-state index contributed by atoms with van der Waals surface area (Å²) in [5.41, 5.74) is 0. The minimum Gasteiger partial charge on any atom is -0.379 e. The van der Waals surface area contributed by atoms with E-state index in [0.717, 1.165) is 32.3 Å². The highest BCUT2D eigenvalue weighted by Crippen LogP contribution is 2.16. The lowest BCUT2D eigenvalue weighted by atomic mass is 10.1. The van der Waals surface area contributed by atoms with Gasteiger partial charge < -0.3 is 19.4 Å². The normalized spacial score (nSPS) is 24.4. The summed E-state index contributed by atoms with van der Waals surface area (Å²) in [5.74, 6) is 0. The van der Waals surface area contributed by atoms with E-state index >= 15 is 0 Å². The van der Waals surface area contributed by atoms with Gasteiger partial charge >= 0.3 is 0 Å². The number of ether oxygens (including phenoxy) is 1. The molecule has 0 bridgehead atoms. The van der Waals surface area contributed by atoms with Crippen LogP contribution >= 0.6 is 0 Å². The largest absolute Gasteiger partial charge is 0.379 e. The standard InChI is InChI=1S/C8H17N.C7H15NO.2C7H15N/c1-2-6-9-7-4-3-5-8-9;1-2-3-8-4-6-9-7-5-8;1-3-7-5-4-6-8(7)2;1-2-5-8-6-3-4-7-8/h2-8H2,1H3;2-7H2,1H3;7H,3-6H2,1-2H3;2-7H2,1H3. The molecule has 0 N–H and O–H groups in total. The number of hydrogen-bond acceptors (Lipinski definition) is 5. The van der Waals surface area contributed by atoms with Crippen LogP contribution in [-0.2, 0) is 4.74 Å². The first-order chi connectivity index (χ1) is 16.6. The Hall–Kier alpha value is -0.200. The van der Waals surface area contributed by atoms with E-state index in [1.807, 2.05) is 0 Å². The second-order valence-electron chi connectivity index (χ2n) is 10.6. The van der Waals surface area contributed by atoms with E-state index in [0.29, 0.717) is 0 Å². The van der Waals surface area contributed by atoms with Crippen LogP contribution in [0.25, 0.3) is 0 Å². The zero-order valence-corrected chi connectivity index (χ0v) is 24.0. The lowest BCUT2D eigenvalue weighted by molar-refractivity contribution is 0.0380. The number of likely N-dealkylation sites (tertiary alicyclic amines) is 3. The average molecular weight is 483 g/mol. The van der Waals surface area contributed by atoms with Crippen molar-refractivity contribution < 1.29 is 4.74 Å². The lowest BCUT2D eigenvalue weighted by Crippen LogP contribution is -2.36. The summed E-state index contributed by atoms with van der Waals surface area (Å²) in [6.45, 7) is 23.7. The van der Waals surface area contributed by atoms with Gasteiger partial charge in [0.25, 0.3) is 0 Å². The monoisotopic (exact) mass is 482 g/mol. The predicted molar refractivity (Wildman–Crippen MR) is 150 cm³/mol. The second kappa shape index (κ2) is 22.0. The Morgan fingerprint density at radius 2 is 1.00 bits per heavy atom. The fourth-order valence-corrected chi connectivity index (χ4v) is 5.46. The van der Waals surface area contributed by atoms with E-state index in [2.05, 4.69) is 54.3 Å². The third kappa shape index (κ3) is 15.7. The molecule has 4 aliphatic heterocycles.